The monoisotopic (exact) mass is 374 g/mol. The Morgan fingerprint density at radius 2 is 1.67 bits per heavy atom. The average molecular weight is 374 g/mol. The molecule has 0 unspecified atom stereocenters. The molecule has 0 aliphatic rings. The Balaban J connectivity index is 1.73. The van der Waals surface area contributed by atoms with Crippen molar-refractivity contribution in [2.24, 2.45) is 0 Å². The lowest BCUT2D eigenvalue weighted by Crippen LogP contribution is -2.15. The van der Waals surface area contributed by atoms with E-state index in [0.717, 1.165) is 6.07 Å². The minimum atomic E-state index is -1.67. The van der Waals surface area contributed by atoms with E-state index in [9.17, 15) is 18.0 Å². The van der Waals surface area contributed by atoms with Crippen LogP contribution in [0, 0.1) is 17.5 Å². The lowest BCUT2D eigenvalue weighted by Gasteiger charge is -2.10. The number of hydrogen-bond donors (Lipinski definition) is 2. The molecule has 0 bridgehead atoms. The van der Waals surface area contributed by atoms with E-state index in [1.807, 2.05) is 0 Å². The SMILES string of the molecule is COc1ccccc1Nc1ncc(C(=O)Nc2ccc(F)c(F)c2F)cn1. The third kappa shape index (κ3) is 3.97. The highest BCUT2D eigenvalue weighted by atomic mass is 19.2. The number of hydrogen-bond acceptors (Lipinski definition) is 5. The Labute approximate surface area is 152 Å². The lowest BCUT2D eigenvalue weighted by molar-refractivity contribution is 0.102. The number of anilines is 3. The minimum absolute atomic E-state index is 0.00436. The van der Waals surface area contributed by atoms with Crippen molar-refractivity contribution in [3.63, 3.8) is 0 Å². The maximum absolute atomic E-state index is 13.6. The molecule has 3 aromatic rings. The number of benzene rings is 2. The summed E-state index contributed by atoms with van der Waals surface area (Å²) in [6, 6.07) is 8.74. The Kier molecular flexibility index (Phi) is 5.20. The predicted octanol–water partition coefficient (Wildman–Crippen LogP) is 3.90. The van der Waals surface area contributed by atoms with Gasteiger partial charge < -0.3 is 15.4 Å². The van der Waals surface area contributed by atoms with E-state index in [1.54, 1.807) is 24.3 Å². The van der Waals surface area contributed by atoms with Gasteiger partial charge in [-0.15, -0.1) is 0 Å². The van der Waals surface area contributed by atoms with Gasteiger partial charge in [0.2, 0.25) is 5.95 Å². The number of carbonyl (C=O) groups excluding carboxylic acids is 1. The second-order valence-corrected chi connectivity index (χ2v) is 5.30. The first-order valence-electron chi connectivity index (χ1n) is 7.66. The largest absolute Gasteiger partial charge is 0.495 e. The second-order valence-electron chi connectivity index (χ2n) is 5.30. The van der Waals surface area contributed by atoms with Crippen LogP contribution < -0.4 is 15.4 Å². The number of nitrogens with zero attached hydrogens (tertiary/aromatic N) is 2. The van der Waals surface area contributed by atoms with E-state index in [0.29, 0.717) is 17.5 Å². The van der Waals surface area contributed by atoms with Gasteiger partial charge in [0.25, 0.3) is 5.91 Å². The van der Waals surface area contributed by atoms with Gasteiger partial charge in [-0.3, -0.25) is 4.79 Å². The van der Waals surface area contributed by atoms with E-state index in [-0.39, 0.29) is 11.5 Å². The standard InChI is InChI=1S/C18H13F3N4O2/c1-27-14-5-3-2-4-12(14)25-18-22-8-10(9-23-18)17(26)24-13-7-6-11(19)15(20)16(13)21/h2-9H,1H3,(H,24,26)(H,22,23,25). The highest BCUT2D eigenvalue weighted by Gasteiger charge is 2.16. The first-order valence-corrected chi connectivity index (χ1v) is 7.66. The molecule has 0 saturated carbocycles. The van der Waals surface area contributed by atoms with Crippen LogP contribution in [0.1, 0.15) is 10.4 Å². The Morgan fingerprint density at radius 3 is 2.37 bits per heavy atom. The van der Waals surface area contributed by atoms with E-state index in [1.165, 1.54) is 19.5 Å². The quantitative estimate of drug-likeness (QED) is 0.663. The molecule has 2 N–H and O–H groups in total. The number of halogens is 3. The summed E-state index contributed by atoms with van der Waals surface area (Å²) < 4.78 is 45.0. The molecule has 3 rings (SSSR count). The van der Waals surface area contributed by atoms with Crippen LogP contribution >= 0.6 is 0 Å². The summed E-state index contributed by atoms with van der Waals surface area (Å²) in [7, 11) is 1.52. The van der Waals surface area contributed by atoms with Crippen LogP contribution in [0.5, 0.6) is 5.75 Å². The molecule has 6 nitrogen and oxygen atoms in total. The van der Waals surface area contributed by atoms with Gasteiger partial charge in [-0.05, 0) is 24.3 Å². The fourth-order valence-electron chi connectivity index (χ4n) is 2.20. The molecule has 2 aromatic carbocycles. The first-order chi connectivity index (χ1) is 13.0. The molecule has 0 aliphatic heterocycles. The number of methoxy groups -OCH3 is 1. The fourth-order valence-corrected chi connectivity index (χ4v) is 2.20. The molecule has 0 spiro atoms. The van der Waals surface area contributed by atoms with Crippen LogP contribution in [-0.4, -0.2) is 23.0 Å². The van der Waals surface area contributed by atoms with Crippen molar-refractivity contribution in [2.75, 3.05) is 17.7 Å². The number of ether oxygens (including phenoxy) is 1. The van der Waals surface area contributed by atoms with Crippen LogP contribution in [0.4, 0.5) is 30.5 Å². The molecule has 0 saturated heterocycles. The minimum Gasteiger partial charge on any atom is -0.495 e. The maximum Gasteiger partial charge on any atom is 0.258 e. The van der Waals surface area contributed by atoms with Crippen molar-refractivity contribution in [2.45, 2.75) is 0 Å². The Morgan fingerprint density at radius 1 is 0.963 bits per heavy atom. The summed E-state index contributed by atoms with van der Waals surface area (Å²) in [5.74, 6) is -4.49. The molecule has 138 valence electrons. The summed E-state index contributed by atoms with van der Waals surface area (Å²) in [6.07, 6.45) is 2.41. The molecule has 1 aromatic heterocycles. The highest BCUT2D eigenvalue weighted by Crippen LogP contribution is 2.25. The maximum atomic E-state index is 13.6. The second kappa shape index (κ2) is 7.73. The molecule has 1 amide bonds. The average Bonchev–Trinajstić information content (AvgIpc) is 2.69. The molecule has 0 fully saturated rings. The molecule has 0 atom stereocenters. The molecule has 9 heteroatoms. The van der Waals surface area contributed by atoms with Gasteiger partial charge in [0, 0.05) is 12.4 Å². The summed E-state index contributed by atoms with van der Waals surface area (Å²) in [5.41, 5.74) is 0.140. The molecule has 27 heavy (non-hydrogen) atoms. The zero-order chi connectivity index (χ0) is 19.4. The molecule has 1 heterocycles. The zero-order valence-electron chi connectivity index (χ0n) is 14.0. The van der Waals surface area contributed by atoms with Crippen molar-refractivity contribution in [1.82, 2.24) is 9.97 Å². The lowest BCUT2D eigenvalue weighted by atomic mass is 10.2. The van der Waals surface area contributed by atoms with Gasteiger partial charge in [0.05, 0.1) is 24.0 Å². The van der Waals surface area contributed by atoms with Crippen LogP contribution in [0.3, 0.4) is 0 Å². The van der Waals surface area contributed by atoms with Crippen molar-refractivity contribution in [1.29, 1.82) is 0 Å². The van der Waals surface area contributed by atoms with Crippen LogP contribution in [0.2, 0.25) is 0 Å². The molecular weight excluding hydrogens is 361 g/mol. The van der Waals surface area contributed by atoms with Gasteiger partial charge in [-0.2, -0.15) is 0 Å². The van der Waals surface area contributed by atoms with Crippen molar-refractivity contribution in [3.05, 3.63) is 71.8 Å². The molecule has 0 aliphatic carbocycles. The summed E-state index contributed by atoms with van der Waals surface area (Å²) >= 11 is 0. The van der Waals surface area contributed by atoms with Crippen molar-refractivity contribution < 1.29 is 22.7 Å². The van der Waals surface area contributed by atoms with Crippen LogP contribution in [0.15, 0.2) is 48.8 Å². The van der Waals surface area contributed by atoms with Gasteiger partial charge in [-0.1, -0.05) is 12.1 Å². The van der Waals surface area contributed by atoms with Gasteiger partial charge in [0.1, 0.15) is 5.75 Å². The number of para-hydroxylation sites is 2. The third-order valence-electron chi connectivity index (χ3n) is 3.55. The number of carbonyl (C=O) groups is 1. The molecule has 0 radical (unpaired) electrons. The normalized spacial score (nSPS) is 10.4. The Hall–Kier alpha value is -3.62. The predicted molar refractivity (Wildman–Crippen MR) is 92.6 cm³/mol. The zero-order valence-corrected chi connectivity index (χ0v) is 14.0. The van der Waals surface area contributed by atoms with E-state index >= 15 is 0 Å². The number of nitrogens with one attached hydrogen (secondary N) is 2. The summed E-state index contributed by atoms with van der Waals surface area (Å²) in [4.78, 5) is 20.1. The summed E-state index contributed by atoms with van der Waals surface area (Å²) in [5, 5.41) is 5.07. The van der Waals surface area contributed by atoms with Gasteiger partial charge in [0.15, 0.2) is 17.5 Å². The van der Waals surface area contributed by atoms with E-state index < -0.39 is 29.0 Å². The first kappa shape index (κ1) is 18.2. The van der Waals surface area contributed by atoms with Crippen molar-refractivity contribution >= 4 is 23.2 Å². The fraction of sp³-hybridized carbons (Fsp3) is 0.0556. The van der Waals surface area contributed by atoms with E-state index in [2.05, 4.69) is 20.6 Å². The highest BCUT2D eigenvalue weighted by molar-refractivity contribution is 6.04. The summed E-state index contributed by atoms with van der Waals surface area (Å²) in [6.45, 7) is 0. The Bertz CT molecular complexity index is 981. The number of amides is 1. The van der Waals surface area contributed by atoms with Crippen molar-refractivity contribution in [3.8, 4) is 5.75 Å². The van der Waals surface area contributed by atoms with Crippen LogP contribution in [-0.2, 0) is 0 Å². The van der Waals surface area contributed by atoms with Gasteiger partial charge >= 0.3 is 0 Å². The smallest absolute Gasteiger partial charge is 0.258 e. The van der Waals surface area contributed by atoms with E-state index in [4.69, 9.17) is 4.74 Å². The topological polar surface area (TPSA) is 76.1 Å². The third-order valence-corrected chi connectivity index (χ3v) is 3.55. The van der Waals surface area contributed by atoms with Gasteiger partial charge in [-0.25, -0.2) is 23.1 Å². The molecular formula is C18H13F3N4O2. The number of aromatic nitrogens is 2. The number of rotatable bonds is 5. The van der Waals surface area contributed by atoms with Crippen LogP contribution in [0.25, 0.3) is 0 Å².